The van der Waals surface area contributed by atoms with Crippen molar-refractivity contribution < 1.29 is 19.1 Å². The molecule has 0 amide bonds. The second-order valence-electron chi connectivity index (χ2n) is 8.02. The van der Waals surface area contributed by atoms with E-state index in [1.165, 1.54) is 25.7 Å². The molecule has 1 atom stereocenters. The second kappa shape index (κ2) is 14.2. The highest BCUT2D eigenvalue weighted by molar-refractivity contribution is 5.93. The van der Waals surface area contributed by atoms with Gasteiger partial charge >= 0.3 is 11.9 Å². The van der Waals surface area contributed by atoms with E-state index in [0.29, 0.717) is 23.7 Å². The lowest BCUT2D eigenvalue weighted by Gasteiger charge is -2.14. The third-order valence-corrected chi connectivity index (χ3v) is 4.79. The molecule has 1 rings (SSSR count). The molecule has 0 spiro atoms. The van der Waals surface area contributed by atoms with Gasteiger partial charge in [0.15, 0.2) is 0 Å². The monoisotopic (exact) mass is 390 g/mol. The van der Waals surface area contributed by atoms with Crippen LogP contribution >= 0.6 is 0 Å². The average molecular weight is 391 g/mol. The topological polar surface area (TPSA) is 52.6 Å². The molecule has 4 nitrogen and oxygen atoms in total. The SMILES string of the molecule is CCCCCCCCOC(=O)c1ccc(C(=O)OC(C)CCCC(C)C)cc1. The molecule has 1 unspecified atom stereocenters. The molecule has 0 saturated heterocycles. The molecule has 4 heteroatoms. The Morgan fingerprint density at radius 1 is 0.786 bits per heavy atom. The first-order valence-corrected chi connectivity index (χ1v) is 10.9. The number of hydrogen-bond acceptors (Lipinski definition) is 4. The summed E-state index contributed by atoms with van der Waals surface area (Å²) in [6.07, 6.45) is 9.88. The zero-order valence-electron chi connectivity index (χ0n) is 18.2. The van der Waals surface area contributed by atoms with Gasteiger partial charge in [-0.25, -0.2) is 9.59 Å². The van der Waals surface area contributed by atoms with Crippen LogP contribution in [0.5, 0.6) is 0 Å². The van der Waals surface area contributed by atoms with Gasteiger partial charge in [-0.15, -0.1) is 0 Å². The van der Waals surface area contributed by atoms with Gasteiger partial charge in [-0.1, -0.05) is 59.3 Å². The number of esters is 2. The molecular formula is C24H38O4. The van der Waals surface area contributed by atoms with Crippen LogP contribution in [0.3, 0.4) is 0 Å². The minimum atomic E-state index is -0.343. The van der Waals surface area contributed by atoms with Crippen molar-refractivity contribution in [2.24, 2.45) is 5.92 Å². The molecule has 0 aliphatic rings. The molecule has 0 bridgehead atoms. The highest BCUT2D eigenvalue weighted by Gasteiger charge is 2.14. The number of carbonyl (C=O) groups excluding carboxylic acids is 2. The average Bonchev–Trinajstić information content (AvgIpc) is 2.66. The maximum Gasteiger partial charge on any atom is 0.338 e. The molecule has 0 aliphatic heterocycles. The summed E-state index contributed by atoms with van der Waals surface area (Å²) in [7, 11) is 0. The molecule has 1 aromatic carbocycles. The molecule has 158 valence electrons. The van der Waals surface area contributed by atoms with E-state index in [1.807, 2.05) is 6.92 Å². The van der Waals surface area contributed by atoms with Crippen molar-refractivity contribution in [3.8, 4) is 0 Å². The normalized spacial score (nSPS) is 12.0. The summed E-state index contributed by atoms with van der Waals surface area (Å²) < 4.78 is 10.8. The minimum Gasteiger partial charge on any atom is -0.462 e. The minimum absolute atomic E-state index is 0.104. The van der Waals surface area contributed by atoms with Gasteiger partial charge in [-0.2, -0.15) is 0 Å². The van der Waals surface area contributed by atoms with Crippen molar-refractivity contribution in [1.82, 2.24) is 0 Å². The maximum atomic E-state index is 12.2. The molecule has 0 radical (unpaired) electrons. The van der Waals surface area contributed by atoms with E-state index in [9.17, 15) is 9.59 Å². The van der Waals surface area contributed by atoms with Gasteiger partial charge in [-0.05, 0) is 56.4 Å². The van der Waals surface area contributed by atoms with Crippen LogP contribution in [0.25, 0.3) is 0 Å². The van der Waals surface area contributed by atoms with Crippen molar-refractivity contribution in [2.75, 3.05) is 6.61 Å². The highest BCUT2D eigenvalue weighted by Crippen LogP contribution is 2.13. The van der Waals surface area contributed by atoms with Crippen LogP contribution in [-0.4, -0.2) is 24.6 Å². The number of carbonyl (C=O) groups is 2. The van der Waals surface area contributed by atoms with E-state index >= 15 is 0 Å². The van der Waals surface area contributed by atoms with Crippen LogP contribution in [0.15, 0.2) is 24.3 Å². The van der Waals surface area contributed by atoms with Gasteiger partial charge in [-0.3, -0.25) is 0 Å². The quantitative estimate of drug-likeness (QED) is 0.266. The largest absolute Gasteiger partial charge is 0.462 e. The third kappa shape index (κ3) is 10.5. The first-order valence-electron chi connectivity index (χ1n) is 10.9. The molecule has 0 saturated carbocycles. The van der Waals surface area contributed by atoms with Gasteiger partial charge in [0.05, 0.1) is 23.8 Å². The standard InChI is InChI=1S/C24H38O4/c1-5-6-7-8-9-10-18-27-23(25)21-14-16-22(17-15-21)24(26)28-20(4)13-11-12-19(2)3/h14-17,19-20H,5-13,18H2,1-4H3. The summed E-state index contributed by atoms with van der Waals surface area (Å²) in [5, 5.41) is 0. The third-order valence-electron chi connectivity index (χ3n) is 4.79. The van der Waals surface area contributed by atoms with E-state index in [0.717, 1.165) is 32.1 Å². The Hall–Kier alpha value is -1.84. The first-order chi connectivity index (χ1) is 13.4. The van der Waals surface area contributed by atoms with Crippen molar-refractivity contribution in [1.29, 1.82) is 0 Å². The lowest BCUT2D eigenvalue weighted by Crippen LogP contribution is -2.15. The van der Waals surface area contributed by atoms with Crippen LogP contribution in [0.2, 0.25) is 0 Å². The van der Waals surface area contributed by atoms with Crippen LogP contribution in [0.1, 0.15) is 106 Å². The van der Waals surface area contributed by atoms with Crippen LogP contribution in [0.4, 0.5) is 0 Å². The van der Waals surface area contributed by atoms with Gasteiger partial charge in [0.2, 0.25) is 0 Å². The molecule has 0 aliphatic carbocycles. The van der Waals surface area contributed by atoms with Crippen LogP contribution in [0, 0.1) is 5.92 Å². The molecule has 0 N–H and O–H groups in total. The Morgan fingerprint density at radius 3 is 1.96 bits per heavy atom. The number of benzene rings is 1. The van der Waals surface area contributed by atoms with Crippen molar-refractivity contribution >= 4 is 11.9 Å². The number of ether oxygens (including phenoxy) is 2. The zero-order chi connectivity index (χ0) is 20.8. The van der Waals surface area contributed by atoms with Crippen LogP contribution in [-0.2, 0) is 9.47 Å². The number of unbranched alkanes of at least 4 members (excludes halogenated alkanes) is 5. The van der Waals surface area contributed by atoms with E-state index in [2.05, 4.69) is 20.8 Å². The van der Waals surface area contributed by atoms with E-state index in [1.54, 1.807) is 24.3 Å². The Bertz CT molecular complexity index is 562. The van der Waals surface area contributed by atoms with E-state index in [4.69, 9.17) is 9.47 Å². The summed E-state index contributed by atoms with van der Waals surface area (Å²) in [6, 6.07) is 6.52. The number of hydrogen-bond donors (Lipinski definition) is 0. The predicted molar refractivity (Wildman–Crippen MR) is 114 cm³/mol. The fourth-order valence-electron chi connectivity index (χ4n) is 3.00. The van der Waals surface area contributed by atoms with Crippen molar-refractivity contribution in [2.45, 2.75) is 91.6 Å². The smallest absolute Gasteiger partial charge is 0.338 e. The highest BCUT2D eigenvalue weighted by atomic mass is 16.5. The van der Waals surface area contributed by atoms with Gasteiger partial charge in [0.25, 0.3) is 0 Å². The lowest BCUT2D eigenvalue weighted by molar-refractivity contribution is 0.0317. The van der Waals surface area contributed by atoms with Crippen molar-refractivity contribution in [3.63, 3.8) is 0 Å². The van der Waals surface area contributed by atoms with E-state index in [-0.39, 0.29) is 18.0 Å². The summed E-state index contributed by atoms with van der Waals surface area (Å²) in [5.41, 5.74) is 0.927. The van der Waals surface area contributed by atoms with Crippen molar-refractivity contribution in [3.05, 3.63) is 35.4 Å². The molecule has 0 heterocycles. The molecular weight excluding hydrogens is 352 g/mol. The van der Waals surface area contributed by atoms with Crippen LogP contribution < -0.4 is 0 Å². The second-order valence-corrected chi connectivity index (χ2v) is 8.02. The Morgan fingerprint density at radius 2 is 1.36 bits per heavy atom. The predicted octanol–water partition coefficient (Wildman–Crippen LogP) is 6.58. The summed E-state index contributed by atoms with van der Waals surface area (Å²) >= 11 is 0. The molecule has 0 fully saturated rings. The molecule has 1 aromatic rings. The van der Waals surface area contributed by atoms with Gasteiger partial charge in [0.1, 0.15) is 0 Å². The summed E-state index contributed by atoms with van der Waals surface area (Å²) in [5.74, 6) is -0.0177. The fraction of sp³-hybridized carbons (Fsp3) is 0.667. The molecule has 28 heavy (non-hydrogen) atoms. The fourth-order valence-corrected chi connectivity index (χ4v) is 3.00. The Balaban J connectivity index is 2.33. The van der Waals surface area contributed by atoms with Gasteiger partial charge < -0.3 is 9.47 Å². The summed E-state index contributed by atoms with van der Waals surface area (Å²) in [6.45, 7) is 8.95. The summed E-state index contributed by atoms with van der Waals surface area (Å²) in [4.78, 5) is 24.3. The zero-order valence-corrected chi connectivity index (χ0v) is 18.2. The maximum absolute atomic E-state index is 12.2. The lowest BCUT2D eigenvalue weighted by atomic mass is 10.0. The number of rotatable bonds is 14. The van der Waals surface area contributed by atoms with E-state index < -0.39 is 0 Å². The Kier molecular flexibility index (Phi) is 12.3. The first kappa shape index (κ1) is 24.2. The van der Waals surface area contributed by atoms with Gasteiger partial charge in [0, 0.05) is 0 Å². The Labute approximate surface area is 171 Å². The molecule has 0 aromatic heterocycles.